The summed E-state index contributed by atoms with van der Waals surface area (Å²) in [6.45, 7) is 3.63. The summed E-state index contributed by atoms with van der Waals surface area (Å²) < 4.78 is 0. The molecule has 0 aromatic heterocycles. The lowest BCUT2D eigenvalue weighted by molar-refractivity contribution is -0.140. The van der Waals surface area contributed by atoms with Crippen LogP contribution >= 0.6 is 0 Å². The molecule has 0 aliphatic carbocycles. The van der Waals surface area contributed by atoms with Crippen molar-refractivity contribution in [3.8, 4) is 0 Å². The number of nitrogens with one attached hydrogen (secondary N) is 2. The van der Waals surface area contributed by atoms with E-state index in [0.29, 0.717) is 17.7 Å². The Balaban J connectivity index is 2.21. The first kappa shape index (κ1) is 19.2. The third-order valence-corrected chi connectivity index (χ3v) is 4.22. The number of hydrogen-bond acceptors (Lipinski definition) is 3. The van der Waals surface area contributed by atoms with Gasteiger partial charge in [0.15, 0.2) is 0 Å². The molecule has 0 unspecified atom stereocenters. The van der Waals surface area contributed by atoms with Crippen molar-refractivity contribution in [2.45, 2.75) is 26.3 Å². The summed E-state index contributed by atoms with van der Waals surface area (Å²) in [7, 11) is 0. The molecule has 26 heavy (non-hydrogen) atoms. The van der Waals surface area contributed by atoms with Crippen LogP contribution in [0.25, 0.3) is 0 Å². The third-order valence-electron chi connectivity index (χ3n) is 4.22. The molecule has 136 valence electrons. The summed E-state index contributed by atoms with van der Waals surface area (Å²) in [4.78, 5) is 36.4. The summed E-state index contributed by atoms with van der Waals surface area (Å²) in [5.74, 6) is -2.19. The lowest BCUT2D eigenvalue weighted by Gasteiger charge is -2.21. The number of para-hydroxylation sites is 1. The number of carbonyl (C=O) groups is 3. The molecule has 0 bridgehead atoms. The van der Waals surface area contributed by atoms with Crippen molar-refractivity contribution in [2.24, 2.45) is 5.92 Å². The van der Waals surface area contributed by atoms with E-state index in [4.69, 9.17) is 0 Å². The van der Waals surface area contributed by atoms with E-state index < -0.39 is 17.9 Å². The van der Waals surface area contributed by atoms with Gasteiger partial charge in [-0.05, 0) is 30.2 Å². The number of aliphatic carboxylic acids is 1. The lowest BCUT2D eigenvalue weighted by atomic mass is 9.98. The highest BCUT2D eigenvalue weighted by Gasteiger charge is 2.26. The van der Waals surface area contributed by atoms with Gasteiger partial charge in [0.25, 0.3) is 11.8 Å². The van der Waals surface area contributed by atoms with Gasteiger partial charge in [0.05, 0.1) is 11.3 Å². The Kier molecular flexibility index (Phi) is 6.49. The second kappa shape index (κ2) is 8.80. The minimum absolute atomic E-state index is 0.214. The van der Waals surface area contributed by atoms with Crippen molar-refractivity contribution in [2.75, 3.05) is 5.32 Å². The zero-order valence-electron chi connectivity index (χ0n) is 14.7. The number of amides is 2. The molecule has 0 fully saturated rings. The second-order valence-electron chi connectivity index (χ2n) is 6.04. The Bertz CT molecular complexity index is 789. The fraction of sp³-hybridized carbons (Fsp3) is 0.250. The Morgan fingerprint density at radius 2 is 1.58 bits per heavy atom. The molecule has 2 amide bonds. The van der Waals surface area contributed by atoms with E-state index in [9.17, 15) is 19.5 Å². The van der Waals surface area contributed by atoms with E-state index in [2.05, 4.69) is 10.6 Å². The van der Waals surface area contributed by atoms with Crippen molar-refractivity contribution >= 4 is 23.5 Å². The highest BCUT2D eigenvalue weighted by Crippen LogP contribution is 2.18. The van der Waals surface area contributed by atoms with Gasteiger partial charge in [-0.2, -0.15) is 0 Å². The first-order valence-electron chi connectivity index (χ1n) is 8.43. The minimum Gasteiger partial charge on any atom is -0.480 e. The van der Waals surface area contributed by atoms with Crippen LogP contribution < -0.4 is 10.6 Å². The molecule has 2 rings (SSSR count). The highest BCUT2D eigenvalue weighted by atomic mass is 16.4. The van der Waals surface area contributed by atoms with E-state index in [1.165, 1.54) is 0 Å². The molecule has 0 radical (unpaired) electrons. The van der Waals surface area contributed by atoms with Crippen LogP contribution in [0.5, 0.6) is 0 Å². The molecule has 0 aliphatic rings. The van der Waals surface area contributed by atoms with Gasteiger partial charge in [-0.3, -0.25) is 9.59 Å². The van der Waals surface area contributed by atoms with Crippen molar-refractivity contribution in [3.05, 3.63) is 65.7 Å². The highest BCUT2D eigenvalue weighted by molar-refractivity contribution is 6.09. The van der Waals surface area contributed by atoms with Gasteiger partial charge in [0, 0.05) is 5.56 Å². The van der Waals surface area contributed by atoms with Gasteiger partial charge in [0.2, 0.25) is 0 Å². The molecule has 6 nitrogen and oxygen atoms in total. The largest absolute Gasteiger partial charge is 0.480 e. The molecule has 2 aromatic rings. The molecule has 0 heterocycles. The van der Waals surface area contributed by atoms with E-state index in [1.54, 1.807) is 61.5 Å². The van der Waals surface area contributed by atoms with E-state index in [1.807, 2.05) is 6.92 Å². The predicted octanol–water partition coefficient (Wildman–Crippen LogP) is 3.17. The molecule has 0 spiro atoms. The van der Waals surface area contributed by atoms with E-state index in [-0.39, 0.29) is 17.4 Å². The number of benzene rings is 2. The number of carboxylic acids is 1. The van der Waals surface area contributed by atoms with Crippen molar-refractivity contribution in [1.29, 1.82) is 0 Å². The normalized spacial score (nSPS) is 12.7. The smallest absolute Gasteiger partial charge is 0.326 e. The van der Waals surface area contributed by atoms with E-state index >= 15 is 0 Å². The van der Waals surface area contributed by atoms with Crippen LogP contribution in [0.15, 0.2) is 54.6 Å². The first-order valence-corrected chi connectivity index (χ1v) is 8.43. The Morgan fingerprint density at radius 3 is 2.19 bits per heavy atom. The number of rotatable bonds is 7. The Hall–Kier alpha value is -3.15. The molecule has 2 atom stereocenters. The molecular formula is C20H22N2O4. The average Bonchev–Trinajstić information content (AvgIpc) is 2.66. The van der Waals surface area contributed by atoms with Crippen molar-refractivity contribution < 1.29 is 19.5 Å². The lowest BCUT2D eigenvalue weighted by Crippen LogP contribution is -2.45. The van der Waals surface area contributed by atoms with Crippen LogP contribution in [0.2, 0.25) is 0 Å². The maximum atomic E-state index is 12.6. The maximum Gasteiger partial charge on any atom is 0.326 e. The first-order chi connectivity index (χ1) is 12.4. The van der Waals surface area contributed by atoms with Gasteiger partial charge < -0.3 is 15.7 Å². The summed E-state index contributed by atoms with van der Waals surface area (Å²) in [6, 6.07) is 14.1. The Morgan fingerprint density at radius 1 is 0.962 bits per heavy atom. The minimum atomic E-state index is -1.08. The fourth-order valence-corrected chi connectivity index (χ4v) is 2.48. The maximum absolute atomic E-state index is 12.6. The fourth-order valence-electron chi connectivity index (χ4n) is 2.48. The van der Waals surface area contributed by atoms with Gasteiger partial charge >= 0.3 is 5.97 Å². The van der Waals surface area contributed by atoms with Gasteiger partial charge in [-0.25, -0.2) is 4.79 Å². The van der Waals surface area contributed by atoms with Crippen LogP contribution in [0.4, 0.5) is 5.69 Å². The molecule has 3 N–H and O–H groups in total. The predicted molar refractivity (Wildman–Crippen MR) is 99.2 cm³/mol. The van der Waals surface area contributed by atoms with Crippen LogP contribution in [0.1, 0.15) is 41.0 Å². The van der Waals surface area contributed by atoms with Crippen LogP contribution in [0, 0.1) is 5.92 Å². The zero-order chi connectivity index (χ0) is 19.1. The monoisotopic (exact) mass is 354 g/mol. The number of anilines is 1. The third kappa shape index (κ3) is 4.69. The molecular weight excluding hydrogens is 332 g/mol. The molecule has 2 aromatic carbocycles. The van der Waals surface area contributed by atoms with Crippen LogP contribution in [0.3, 0.4) is 0 Å². The number of carboxylic acid groups (broad SMARTS) is 1. The summed E-state index contributed by atoms with van der Waals surface area (Å²) in [6.07, 6.45) is 0.615. The molecule has 0 saturated carbocycles. The molecule has 6 heteroatoms. The number of carbonyl (C=O) groups excluding carboxylic acids is 2. The van der Waals surface area contributed by atoms with Gasteiger partial charge in [-0.1, -0.05) is 50.6 Å². The molecule has 0 aliphatic heterocycles. The number of hydrogen-bond donors (Lipinski definition) is 3. The Labute approximate surface area is 152 Å². The standard InChI is InChI=1S/C20H22N2O4/c1-3-13(2)17(20(25)26)22-19(24)15-11-7-8-12-16(15)21-18(23)14-9-5-4-6-10-14/h4-13,17H,3H2,1-2H3,(H,21,23)(H,22,24)(H,25,26)/t13-,17-/m0/s1. The quantitative estimate of drug-likeness (QED) is 0.712. The van der Waals surface area contributed by atoms with Crippen molar-refractivity contribution in [3.63, 3.8) is 0 Å². The zero-order valence-corrected chi connectivity index (χ0v) is 14.7. The SMILES string of the molecule is CC[C@H](C)[C@H](NC(=O)c1ccccc1NC(=O)c1ccccc1)C(=O)O. The summed E-state index contributed by atoms with van der Waals surface area (Å²) in [5, 5.41) is 14.6. The van der Waals surface area contributed by atoms with Crippen molar-refractivity contribution in [1.82, 2.24) is 5.32 Å². The summed E-state index contributed by atoms with van der Waals surface area (Å²) >= 11 is 0. The molecule has 0 saturated heterocycles. The van der Waals surface area contributed by atoms with Crippen LogP contribution in [-0.2, 0) is 4.79 Å². The van der Waals surface area contributed by atoms with E-state index in [0.717, 1.165) is 0 Å². The van der Waals surface area contributed by atoms with Gasteiger partial charge in [-0.15, -0.1) is 0 Å². The topological polar surface area (TPSA) is 95.5 Å². The summed E-state index contributed by atoms with van der Waals surface area (Å²) in [5.41, 5.74) is 1.00. The van der Waals surface area contributed by atoms with Crippen LogP contribution in [-0.4, -0.2) is 28.9 Å². The van der Waals surface area contributed by atoms with Gasteiger partial charge in [0.1, 0.15) is 6.04 Å². The average molecular weight is 354 g/mol. The second-order valence-corrected chi connectivity index (χ2v) is 6.04.